The zero-order chi connectivity index (χ0) is 25.2. The van der Waals surface area contributed by atoms with Crippen LogP contribution in [-0.4, -0.2) is 52.2 Å². The summed E-state index contributed by atoms with van der Waals surface area (Å²) >= 11 is 0. The fourth-order valence-corrected chi connectivity index (χ4v) is 4.03. The third-order valence-electron chi connectivity index (χ3n) is 5.63. The molecule has 1 aliphatic heterocycles. The minimum atomic E-state index is -0.591. The van der Waals surface area contributed by atoms with E-state index >= 15 is 0 Å². The van der Waals surface area contributed by atoms with Crippen molar-refractivity contribution in [2.24, 2.45) is 0 Å². The topological polar surface area (TPSA) is 117 Å². The second-order valence-electron chi connectivity index (χ2n) is 7.73. The van der Waals surface area contributed by atoms with Crippen molar-refractivity contribution in [3.05, 3.63) is 71.9 Å². The van der Waals surface area contributed by atoms with E-state index in [2.05, 4.69) is 20.3 Å². The molecule has 0 spiro atoms. The molecule has 0 atom stereocenters. The van der Waals surface area contributed by atoms with E-state index in [9.17, 15) is 14.0 Å². The summed E-state index contributed by atoms with van der Waals surface area (Å²) in [5.74, 6) is -0.878. The van der Waals surface area contributed by atoms with Crippen molar-refractivity contribution in [3.63, 3.8) is 0 Å². The Bertz CT molecular complexity index is 1510. The van der Waals surface area contributed by atoms with E-state index in [-0.39, 0.29) is 41.0 Å². The molecular weight excluding hydrogens is 469 g/mol. The van der Waals surface area contributed by atoms with Crippen LogP contribution in [0, 0.1) is 5.82 Å². The summed E-state index contributed by atoms with van der Waals surface area (Å²) in [6, 6.07) is 9.35. The first-order chi connectivity index (χ1) is 17.5. The molecule has 0 saturated carbocycles. The van der Waals surface area contributed by atoms with Gasteiger partial charge in [0.15, 0.2) is 0 Å². The fourth-order valence-electron chi connectivity index (χ4n) is 4.03. The molecule has 3 aromatic heterocycles. The normalized spacial score (nSPS) is 13.3. The third-order valence-corrected chi connectivity index (χ3v) is 5.63. The average Bonchev–Trinajstić information content (AvgIpc) is 3.40. The molecule has 1 N–H and O–H groups in total. The van der Waals surface area contributed by atoms with Gasteiger partial charge >= 0.3 is 6.01 Å². The van der Waals surface area contributed by atoms with Crippen LogP contribution < -0.4 is 19.5 Å². The highest BCUT2D eigenvalue weighted by Gasteiger charge is 2.36. The second kappa shape index (κ2) is 9.45. The minimum Gasteiger partial charge on any atom is -0.492 e. The molecule has 1 aliphatic rings. The predicted octanol–water partition coefficient (Wildman–Crippen LogP) is 2.63. The summed E-state index contributed by atoms with van der Waals surface area (Å²) in [5.41, 5.74) is 1.61. The first-order valence-corrected chi connectivity index (χ1v) is 10.9. The van der Waals surface area contributed by atoms with Crippen molar-refractivity contribution in [1.29, 1.82) is 0 Å². The van der Waals surface area contributed by atoms with E-state index in [0.717, 1.165) is 0 Å². The predicted molar refractivity (Wildman–Crippen MR) is 127 cm³/mol. The average molecular weight is 489 g/mol. The first-order valence-electron chi connectivity index (χ1n) is 10.9. The lowest BCUT2D eigenvalue weighted by atomic mass is 9.97. The van der Waals surface area contributed by atoms with E-state index in [0.29, 0.717) is 28.9 Å². The third kappa shape index (κ3) is 4.11. The van der Waals surface area contributed by atoms with Gasteiger partial charge in [0.2, 0.25) is 5.88 Å². The molecule has 0 fully saturated rings. The fraction of sp³-hybridized carbons (Fsp3) is 0.160. The number of nitrogens with zero attached hydrogens (tertiary/aromatic N) is 4. The van der Waals surface area contributed by atoms with E-state index in [4.69, 9.17) is 14.2 Å². The molecule has 10 nitrogen and oxygen atoms in total. The Morgan fingerprint density at radius 3 is 2.44 bits per heavy atom. The van der Waals surface area contributed by atoms with Crippen molar-refractivity contribution in [3.8, 4) is 17.6 Å². The number of halogens is 1. The van der Waals surface area contributed by atoms with Gasteiger partial charge in [0.25, 0.3) is 11.8 Å². The maximum Gasteiger partial charge on any atom is 0.319 e. The van der Waals surface area contributed by atoms with Gasteiger partial charge in [0, 0.05) is 29.5 Å². The quantitative estimate of drug-likeness (QED) is 0.376. The van der Waals surface area contributed by atoms with Gasteiger partial charge in [0.05, 0.1) is 37.5 Å². The molecule has 0 bridgehead atoms. The van der Waals surface area contributed by atoms with Gasteiger partial charge in [-0.15, -0.1) is 0 Å². The van der Waals surface area contributed by atoms with Crippen molar-refractivity contribution in [2.75, 3.05) is 20.8 Å². The summed E-state index contributed by atoms with van der Waals surface area (Å²) in [7, 11) is 2.81. The molecule has 36 heavy (non-hydrogen) atoms. The second-order valence-corrected chi connectivity index (χ2v) is 7.73. The number of nitrogens with one attached hydrogen (secondary N) is 1. The van der Waals surface area contributed by atoms with Crippen molar-refractivity contribution in [1.82, 2.24) is 24.8 Å². The number of methoxy groups -OCH3 is 2. The van der Waals surface area contributed by atoms with Crippen LogP contribution in [-0.2, 0) is 16.1 Å². The molecule has 11 heteroatoms. The molecule has 0 unspecified atom stereocenters. The van der Waals surface area contributed by atoms with E-state index in [1.165, 1.54) is 32.5 Å². The van der Waals surface area contributed by atoms with E-state index in [1.807, 2.05) is 10.6 Å². The number of amides is 2. The van der Waals surface area contributed by atoms with Crippen molar-refractivity contribution in [2.45, 2.75) is 6.54 Å². The Kier molecular flexibility index (Phi) is 6.03. The molecule has 4 aromatic rings. The largest absolute Gasteiger partial charge is 0.492 e. The number of benzene rings is 1. The standard InChI is InChI=1S/C25H20FN5O5/c1-34-24-17(12-28-25(30-24)35-2)19-20(23(33)29-22(19)32)18-13-31(21-16(18)4-3-9-27-21)10-11-36-15-7-5-14(26)6-8-15/h3-9,12-13H,10-11H2,1-2H3,(H,29,32,33). The lowest BCUT2D eigenvalue weighted by Crippen LogP contribution is -2.23. The Hall–Kier alpha value is -4.80. The smallest absolute Gasteiger partial charge is 0.319 e. The van der Waals surface area contributed by atoms with E-state index in [1.54, 1.807) is 30.6 Å². The molecule has 2 amide bonds. The number of ether oxygens (including phenoxy) is 3. The lowest BCUT2D eigenvalue weighted by molar-refractivity contribution is -0.122. The minimum absolute atomic E-state index is 0.0597. The highest BCUT2D eigenvalue weighted by atomic mass is 19.1. The number of carbonyl (C=O) groups excluding carboxylic acids is 2. The van der Waals surface area contributed by atoms with Crippen molar-refractivity contribution >= 4 is 34.0 Å². The summed E-state index contributed by atoms with van der Waals surface area (Å²) < 4.78 is 31.1. The summed E-state index contributed by atoms with van der Waals surface area (Å²) in [5, 5.41) is 3.03. The molecule has 5 rings (SSSR count). The summed E-state index contributed by atoms with van der Waals surface area (Å²) in [4.78, 5) is 38.6. The van der Waals surface area contributed by atoms with Gasteiger partial charge in [-0.2, -0.15) is 4.98 Å². The van der Waals surface area contributed by atoms with Gasteiger partial charge in [0.1, 0.15) is 23.8 Å². The van der Waals surface area contributed by atoms with Crippen LogP contribution in [0.5, 0.6) is 17.6 Å². The summed E-state index contributed by atoms with van der Waals surface area (Å²) in [6.45, 7) is 0.653. The highest BCUT2D eigenvalue weighted by molar-refractivity contribution is 6.50. The zero-order valence-electron chi connectivity index (χ0n) is 19.3. The first kappa shape index (κ1) is 23.0. The number of hydrogen-bond acceptors (Lipinski definition) is 8. The van der Waals surface area contributed by atoms with Crippen LogP contribution in [0.3, 0.4) is 0 Å². The SMILES string of the molecule is COc1ncc(C2=C(c3cn(CCOc4ccc(F)cc4)c4ncccc34)C(=O)NC2=O)c(OC)n1. The van der Waals surface area contributed by atoms with E-state index < -0.39 is 11.8 Å². The number of carbonyl (C=O) groups is 2. The van der Waals surface area contributed by atoms with Crippen LogP contribution in [0.2, 0.25) is 0 Å². The molecule has 182 valence electrons. The Morgan fingerprint density at radius 2 is 1.72 bits per heavy atom. The Morgan fingerprint density at radius 1 is 0.972 bits per heavy atom. The maximum absolute atomic E-state index is 13.1. The number of fused-ring (bicyclic) bond motifs is 1. The number of imide groups is 1. The van der Waals surface area contributed by atoms with Crippen LogP contribution in [0.1, 0.15) is 11.1 Å². The molecule has 0 radical (unpaired) electrons. The van der Waals surface area contributed by atoms with Crippen LogP contribution in [0.4, 0.5) is 4.39 Å². The monoisotopic (exact) mass is 489 g/mol. The molecule has 4 heterocycles. The maximum atomic E-state index is 13.1. The van der Waals surface area contributed by atoms with Crippen molar-refractivity contribution < 1.29 is 28.2 Å². The lowest BCUT2D eigenvalue weighted by Gasteiger charge is -2.09. The van der Waals surface area contributed by atoms with Crippen LogP contribution in [0.25, 0.3) is 22.2 Å². The van der Waals surface area contributed by atoms with Gasteiger partial charge in [-0.05, 0) is 36.4 Å². The van der Waals surface area contributed by atoms with Gasteiger partial charge in [-0.1, -0.05) is 0 Å². The summed E-state index contributed by atoms with van der Waals surface area (Å²) in [6.07, 6.45) is 4.77. The molecular formula is C25H20FN5O5. The highest BCUT2D eigenvalue weighted by Crippen LogP contribution is 2.38. The number of pyridine rings is 1. The molecule has 0 saturated heterocycles. The number of hydrogen-bond donors (Lipinski definition) is 1. The Labute approximate surface area is 204 Å². The number of rotatable bonds is 8. The Balaban J connectivity index is 1.57. The van der Waals surface area contributed by atoms with Gasteiger partial charge in [-0.25, -0.2) is 14.4 Å². The zero-order valence-corrected chi connectivity index (χ0v) is 19.3. The van der Waals surface area contributed by atoms with Crippen LogP contribution >= 0.6 is 0 Å². The van der Waals surface area contributed by atoms with Crippen LogP contribution in [0.15, 0.2) is 55.0 Å². The molecule has 1 aromatic carbocycles. The van der Waals surface area contributed by atoms with Gasteiger partial charge < -0.3 is 18.8 Å². The molecule has 0 aliphatic carbocycles. The number of aromatic nitrogens is 4. The van der Waals surface area contributed by atoms with Gasteiger partial charge in [-0.3, -0.25) is 14.9 Å².